The van der Waals surface area contributed by atoms with Crippen LogP contribution in [0.5, 0.6) is 0 Å². The maximum Gasteiger partial charge on any atom is 0.320 e. The van der Waals surface area contributed by atoms with Gasteiger partial charge in [-0.3, -0.25) is 9.69 Å². The van der Waals surface area contributed by atoms with Gasteiger partial charge in [0.05, 0.1) is 11.5 Å². The fourth-order valence-electron chi connectivity index (χ4n) is 2.65. The van der Waals surface area contributed by atoms with Gasteiger partial charge in [0, 0.05) is 0 Å². The SMILES string of the molecule is CC(C)(C#N)CCCCN1CCCCCC1C(=O)O. The first-order valence-electron chi connectivity index (χ1n) is 7.34. The summed E-state index contributed by atoms with van der Waals surface area (Å²) >= 11 is 0. The van der Waals surface area contributed by atoms with Crippen LogP contribution in [0, 0.1) is 16.7 Å². The molecule has 1 aliphatic heterocycles. The van der Waals surface area contributed by atoms with E-state index in [1.54, 1.807) is 0 Å². The number of carboxylic acids is 1. The minimum Gasteiger partial charge on any atom is -0.480 e. The number of nitrogens with zero attached hydrogens (tertiary/aromatic N) is 2. The predicted octanol–water partition coefficient (Wildman–Crippen LogP) is 3.04. The molecule has 4 nitrogen and oxygen atoms in total. The van der Waals surface area contributed by atoms with Gasteiger partial charge in [-0.15, -0.1) is 0 Å². The fraction of sp³-hybridized carbons (Fsp3) is 0.867. The van der Waals surface area contributed by atoms with Crippen LogP contribution in [0.15, 0.2) is 0 Å². The molecule has 0 bridgehead atoms. The smallest absolute Gasteiger partial charge is 0.320 e. The molecule has 0 spiro atoms. The highest BCUT2D eigenvalue weighted by molar-refractivity contribution is 5.73. The van der Waals surface area contributed by atoms with Gasteiger partial charge in [-0.25, -0.2) is 0 Å². The first kappa shape index (κ1) is 16.0. The van der Waals surface area contributed by atoms with E-state index in [9.17, 15) is 9.90 Å². The topological polar surface area (TPSA) is 64.3 Å². The molecule has 1 heterocycles. The fourth-order valence-corrected chi connectivity index (χ4v) is 2.65. The van der Waals surface area contributed by atoms with Gasteiger partial charge in [-0.2, -0.15) is 5.26 Å². The van der Waals surface area contributed by atoms with Crippen molar-refractivity contribution in [3.63, 3.8) is 0 Å². The second kappa shape index (κ2) is 7.49. The maximum atomic E-state index is 11.3. The van der Waals surface area contributed by atoms with Crippen LogP contribution in [-0.2, 0) is 4.79 Å². The summed E-state index contributed by atoms with van der Waals surface area (Å²) in [6.45, 7) is 5.66. The van der Waals surface area contributed by atoms with Crippen molar-refractivity contribution in [2.75, 3.05) is 13.1 Å². The highest BCUT2D eigenvalue weighted by Crippen LogP contribution is 2.23. The summed E-state index contributed by atoms with van der Waals surface area (Å²) in [5.74, 6) is -0.681. The second-order valence-electron chi connectivity index (χ2n) is 6.19. The van der Waals surface area contributed by atoms with E-state index in [-0.39, 0.29) is 11.5 Å². The van der Waals surface area contributed by atoms with Crippen LogP contribution in [0.2, 0.25) is 0 Å². The summed E-state index contributed by atoms with van der Waals surface area (Å²) in [5, 5.41) is 18.2. The molecule has 19 heavy (non-hydrogen) atoms. The number of hydrogen-bond acceptors (Lipinski definition) is 3. The molecule has 1 saturated heterocycles. The van der Waals surface area contributed by atoms with Crippen LogP contribution < -0.4 is 0 Å². The van der Waals surface area contributed by atoms with Gasteiger partial charge in [0.2, 0.25) is 0 Å². The molecule has 108 valence electrons. The number of unbranched alkanes of at least 4 members (excludes halogenated alkanes) is 1. The number of carbonyl (C=O) groups is 1. The second-order valence-corrected chi connectivity index (χ2v) is 6.19. The quantitative estimate of drug-likeness (QED) is 0.750. The lowest BCUT2D eigenvalue weighted by Gasteiger charge is -2.27. The van der Waals surface area contributed by atoms with E-state index in [2.05, 4.69) is 11.0 Å². The molecular weight excluding hydrogens is 240 g/mol. The average Bonchev–Trinajstić information content (AvgIpc) is 2.60. The third-order valence-corrected chi connectivity index (χ3v) is 3.95. The van der Waals surface area contributed by atoms with Gasteiger partial charge in [-0.1, -0.05) is 19.3 Å². The number of likely N-dealkylation sites (tertiary alicyclic amines) is 1. The molecular formula is C15H26N2O2. The van der Waals surface area contributed by atoms with Crippen LogP contribution in [-0.4, -0.2) is 35.1 Å². The van der Waals surface area contributed by atoms with Crippen molar-refractivity contribution in [3.05, 3.63) is 0 Å². The van der Waals surface area contributed by atoms with Crippen molar-refractivity contribution in [1.82, 2.24) is 4.90 Å². The first-order chi connectivity index (χ1) is 8.96. The Balaban J connectivity index is 2.37. The van der Waals surface area contributed by atoms with Crippen molar-refractivity contribution in [1.29, 1.82) is 5.26 Å². The molecule has 0 amide bonds. The first-order valence-corrected chi connectivity index (χ1v) is 7.34. The van der Waals surface area contributed by atoms with Crippen LogP contribution in [0.1, 0.15) is 58.8 Å². The van der Waals surface area contributed by atoms with E-state index in [0.717, 1.165) is 58.0 Å². The summed E-state index contributed by atoms with van der Waals surface area (Å²) in [5.41, 5.74) is -0.259. The van der Waals surface area contributed by atoms with Gasteiger partial charge in [0.15, 0.2) is 0 Å². The van der Waals surface area contributed by atoms with Crippen LogP contribution in [0.25, 0.3) is 0 Å². The van der Waals surface area contributed by atoms with Crippen molar-refractivity contribution in [2.24, 2.45) is 5.41 Å². The molecule has 0 aromatic heterocycles. The molecule has 1 N–H and O–H groups in total. The summed E-state index contributed by atoms with van der Waals surface area (Å²) in [6, 6.07) is 2.01. The number of rotatable bonds is 6. The molecule has 0 saturated carbocycles. The van der Waals surface area contributed by atoms with E-state index >= 15 is 0 Å². The summed E-state index contributed by atoms with van der Waals surface area (Å²) in [4.78, 5) is 13.4. The number of aliphatic carboxylic acids is 1. The Morgan fingerprint density at radius 1 is 1.37 bits per heavy atom. The Kier molecular flexibility index (Phi) is 6.30. The number of hydrogen-bond donors (Lipinski definition) is 1. The van der Waals surface area contributed by atoms with E-state index in [1.165, 1.54) is 0 Å². The highest BCUT2D eigenvalue weighted by Gasteiger charge is 2.26. The van der Waals surface area contributed by atoms with Crippen molar-refractivity contribution in [3.8, 4) is 6.07 Å². The van der Waals surface area contributed by atoms with Crippen molar-refractivity contribution in [2.45, 2.75) is 64.8 Å². The minimum atomic E-state index is -0.681. The molecule has 1 rings (SSSR count). The zero-order valence-corrected chi connectivity index (χ0v) is 12.2. The lowest BCUT2D eigenvalue weighted by atomic mass is 9.89. The van der Waals surface area contributed by atoms with Gasteiger partial charge in [0.25, 0.3) is 0 Å². The molecule has 1 fully saturated rings. The molecule has 1 aliphatic rings. The molecule has 4 heteroatoms. The molecule has 1 unspecified atom stereocenters. The average molecular weight is 266 g/mol. The zero-order valence-electron chi connectivity index (χ0n) is 12.2. The molecule has 0 aliphatic carbocycles. The number of nitriles is 1. The zero-order chi connectivity index (χ0) is 14.3. The molecule has 0 aromatic carbocycles. The van der Waals surface area contributed by atoms with Crippen LogP contribution >= 0.6 is 0 Å². The lowest BCUT2D eigenvalue weighted by Crippen LogP contribution is -2.41. The van der Waals surface area contributed by atoms with Gasteiger partial charge < -0.3 is 5.11 Å². The van der Waals surface area contributed by atoms with Crippen LogP contribution in [0.3, 0.4) is 0 Å². The van der Waals surface area contributed by atoms with Gasteiger partial charge in [0.1, 0.15) is 6.04 Å². The monoisotopic (exact) mass is 266 g/mol. The normalized spacial score (nSPS) is 21.6. The molecule has 0 aromatic rings. The Hall–Kier alpha value is -1.08. The van der Waals surface area contributed by atoms with Gasteiger partial charge >= 0.3 is 5.97 Å². The van der Waals surface area contributed by atoms with E-state index in [0.29, 0.717) is 0 Å². The largest absolute Gasteiger partial charge is 0.480 e. The van der Waals surface area contributed by atoms with E-state index in [4.69, 9.17) is 5.26 Å². The lowest BCUT2D eigenvalue weighted by molar-refractivity contribution is -0.143. The number of carboxylic acid groups (broad SMARTS) is 1. The highest BCUT2D eigenvalue weighted by atomic mass is 16.4. The van der Waals surface area contributed by atoms with Crippen molar-refractivity contribution < 1.29 is 9.90 Å². The Morgan fingerprint density at radius 2 is 2.11 bits per heavy atom. The van der Waals surface area contributed by atoms with Gasteiger partial charge in [-0.05, 0) is 52.6 Å². The standard InChI is InChI=1S/C15H26N2O2/c1-15(2,12-16)9-5-7-11-17-10-6-3-4-8-13(17)14(18)19/h13H,3-11H2,1-2H3,(H,18,19). The summed E-state index contributed by atoms with van der Waals surface area (Å²) < 4.78 is 0. The van der Waals surface area contributed by atoms with Crippen molar-refractivity contribution >= 4 is 5.97 Å². The Labute approximate surface area is 116 Å². The third kappa shape index (κ3) is 5.61. The molecule has 1 atom stereocenters. The Bertz CT molecular complexity index is 334. The summed E-state index contributed by atoms with van der Waals surface area (Å²) in [6.07, 6.45) is 6.90. The minimum absolute atomic E-state index is 0.259. The molecule has 0 radical (unpaired) electrons. The Morgan fingerprint density at radius 3 is 2.74 bits per heavy atom. The summed E-state index contributed by atoms with van der Waals surface area (Å²) in [7, 11) is 0. The maximum absolute atomic E-state index is 11.3. The van der Waals surface area contributed by atoms with Crippen LogP contribution in [0.4, 0.5) is 0 Å². The third-order valence-electron chi connectivity index (χ3n) is 3.95. The van der Waals surface area contributed by atoms with E-state index < -0.39 is 5.97 Å². The van der Waals surface area contributed by atoms with E-state index in [1.807, 2.05) is 13.8 Å². The predicted molar refractivity (Wildman–Crippen MR) is 74.7 cm³/mol.